The molecule has 10 N–H and O–H groups in total. The van der Waals surface area contributed by atoms with Gasteiger partial charge in [-0.15, -0.1) is 0 Å². The zero-order valence-electron chi connectivity index (χ0n) is 26.3. The van der Waals surface area contributed by atoms with Crippen LogP contribution in [0, 0.1) is 0 Å². The number of aliphatic hydroxyl groups is 5. The first-order valence-corrected chi connectivity index (χ1v) is 16.0. The van der Waals surface area contributed by atoms with Gasteiger partial charge in [-0.05, 0) is 35.4 Å². The molecule has 0 amide bonds. The Labute approximate surface area is 288 Å². The number of carbonyl (C=O) groups is 1. The molecule has 0 radical (unpaired) electrons. The van der Waals surface area contributed by atoms with Crippen molar-refractivity contribution in [3.63, 3.8) is 0 Å². The molecule has 0 aromatic heterocycles. The standard InChI is InChI=1S/C36H32O15/c37-12-23-27(43)29(45)30(46)33(48-23)24-19(41)11-21-25(28(24)44)34(47)36(51-21)26-22(49-35(36)14-3-7-16(39)8-4-14)10-18(40)17-9-20(42)31(50-32(17)26)13-1-5-15(38)6-2-13/h1-8,10-11,20,23,27,29-31,33,35,37-46H,9,12H2/t20-,23+,27-,29-,30-,31-,33+,35+,36+/m1/s1. The largest absolute Gasteiger partial charge is 0.508 e. The molecule has 0 aliphatic carbocycles. The molecule has 0 saturated carbocycles. The van der Waals surface area contributed by atoms with E-state index in [1.807, 2.05) is 0 Å². The second kappa shape index (κ2) is 11.6. The molecule has 1 saturated heterocycles. The molecule has 0 unspecified atom stereocenters. The number of benzene rings is 4. The molecular weight excluding hydrogens is 672 g/mol. The highest BCUT2D eigenvalue weighted by atomic mass is 16.6. The summed E-state index contributed by atoms with van der Waals surface area (Å²) in [5, 5.41) is 106. The van der Waals surface area contributed by atoms with Gasteiger partial charge in [-0.1, -0.05) is 24.3 Å². The highest BCUT2D eigenvalue weighted by Gasteiger charge is 2.65. The van der Waals surface area contributed by atoms with E-state index in [4.69, 9.17) is 18.9 Å². The molecule has 0 bridgehead atoms. The van der Waals surface area contributed by atoms with Crippen LogP contribution in [0.4, 0.5) is 0 Å². The van der Waals surface area contributed by atoms with Gasteiger partial charge in [0.1, 0.15) is 88.2 Å². The summed E-state index contributed by atoms with van der Waals surface area (Å²) in [6, 6.07) is 13.8. The minimum Gasteiger partial charge on any atom is -0.508 e. The Morgan fingerprint density at radius 3 is 2.00 bits per heavy atom. The third-order valence-electron chi connectivity index (χ3n) is 10.0. The Balaban J connectivity index is 1.31. The summed E-state index contributed by atoms with van der Waals surface area (Å²) < 4.78 is 24.7. The number of aliphatic hydroxyl groups excluding tert-OH is 5. The van der Waals surface area contributed by atoms with Gasteiger partial charge in [0.15, 0.2) is 6.10 Å². The van der Waals surface area contributed by atoms with Gasteiger partial charge in [0.25, 0.3) is 0 Å². The summed E-state index contributed by atoms with van der Waals surface area (Å²) >= 11 is 0. The van der Waals surface area contributed by atoms with Gasteiger partial charge < -0.3 is 70.0 Å². The van der Waals surface area contributed by atoms with E-state index in [1.54, 1.807) is 0 Å². The van der Waals surface area contributed by atoms with Gasteiger partial charge in [0, 0.05) is 24.1 Å². The van der Waals surface area contributed by atoms with Crippen LogP contribution < -0.4 is 14.2 Å². The van der Waals surface area contributed by atoms with Crippen LogP contribution in [0.3, 0.4) is 0 Å². The fourth-order valence-corrected chi connectivity index (χ4v) is 7.51. The van der Waals surface area contributed by atoms with E-state index in [2.05, 4.69) is 0 Å². The van der Waals surface area contributed by atoms with Crippen LogP contribution in [-0.2, 0) is 16.8 Å². The van der Waals surface area contributed by atoms with Crippen molar-refractivity contribution >= 4 is 5.78 Å². The van der Waals surface area contributed by atoms with E-state index < -0.39 is 89.4 Å². The van der Waals surface area contributed by atoms with Crippen molar-refractivity contribution in [2.24, 2.45) is 0 Å². The SMILES string of the molecule is O=C1c2c(cc(O)c([C@@H]3O[C@@H](CO)[C@@H](O)[C@@H](O)[C@H]3O)c2O)O[C@@]12c1c(cc(O)c3c1O[C@H](c1ccc(O)cc1)[C@H](O)C3)O[C@H]2c1ccc(O)cc1. The molecule has 1 fully saturated rings. The number of phenolic OH excluding ortho intramolecular Hbond substituents is 5. The van der Waals surface area contributed by atoms with E-state index in [9.17, 15) is 51.1 Å². The van der Waals surface area contributed by atoms with Gasteiger partial charge in [0.2, 0.25) is 11.4 Å². The van der Waals surface area contributed by atoms with Crippen molar-refractivity contribution in [1.82, 2.24) is 0 Å². The monoisotopic (exact) mass is 704 g/mol. The quantitative estimate of drug-likeness (QED) is 0.144. The maximum atomic E-state index is 15.0. The number of carbonyl (C=O) groups excluding carboxylic acids is 1. The fourth-order valence-electron chi connectivity index (χ4n) is 7.51. The zero-order chi connectivity index (χ0) is 36.1. The fraction of sp³-hybridized carbons (Fsp3) is 0.306. The lowest BCUT2D eigenvalue weighted by Crippen LogP contribution is -2.55. The van der Waals surface area contributed by atoms with Crippen molar-refractivity contribution in [3.05, 3.63) is 94.0 Å². The first-order chi connectivity index (χ1) is 24.3. The summed E-state index contributed by atoms with van der Waals surface area (Å²) in [4.78, 5) is 15.0. The van der Waals surface area contributed by atoms with Crippen molar-refractivity contribution in [2.45, 2.75) is 60.9 Å². The molecule has 4 aromatic carbocycles. The summed E-state index contributed by atoms with van der Waals surface area (Å²) in [6.45, 7) is -0.792. The Morgan fingerprint density at radius 1 is 0.725 bits per heavy atom. The predicted octanol–water partition coefficient (Wildman–Crippen LogP) is 1.37. The maximum Gasteiger partial charge on any atom is 0.244 e. The van der Waals surface area contributed by atoms with Crippen LogP contribution in [0.2, 0.25) is 0 Å². The molecule has 4 heterocycles. The van der Waals surface area contributed by atoms with Gasteiger partial charge in [-0.3, -0.25) is 4.79 Å². The van der Waals surface area contributed by atoms with Crippen LogP contribution >= 0.6 is 0 Å². The lowest BCUT2D eigenvalue weighted by atomic mass is 9.78. The first-order valence-electron chi connectivity index (χ1n) is 16.0. The smallest absolute Gasteiger partial charge is 0.244 e. The number of ether oxygens (including phenoxy) is 4. The normalized spacial score (nSPS) is 30.6. The molecule has 1 spiro atoms. The van der Waals surface area contributed by atoms with Crippen LogP contribution in [0.5, 0.6) is 46.0 Å². The molecular formula is C36H32O15. The Hall–Kier alpha value is -5.29. The Bertz CT molecular complexity index is 2050. The highest BCUT2D eigenvalue weighted by Crippen LogP contribution is 2.64. The van der Waals surface area contributed by atoms with Gasteiger partial charge in [-0.25, -0.2) is 0 Å². The van der Waals surface area contributed by atoms with E-state index in [-0.39, 0.29) is 52.0 Å². The molecule has 15 nitrogen and oxygen atoms in total. The number of phenols is 5. The van der Waals surface area contributed by atoms with Crippen LogP contribution in [0.1, 0.15) is 56.5 Å². The van der Waals surface area contributed by atoms with E-state index in [1.165, 1.54) is 54.6 Å². The third-order valence-corrected chi connectivity index (χ3v) is 10.0. The van der Waals surface area contributed by atoms with Gasteiger partial charge in [-0.2, -0.15) is 0 Å². The van der Waals surface area contributed by atoms with Crippen molar-refractivity contribution in [3.8, 4) is 46.0 Å². The number of fused-ring (bicyclic) bond motifs is 5. The average molecular weight is 705 g/mol. The summed E-state index contributed by atoms with van der Waals surface area (Å²) in [7, 11) is 0. The van der Waals surface area contributed by atoms with Gasteiger partial charge >= 0.3 is 0 Å². The molecule has 4 aromatic rings. The van der Waals surface area contributed by atoms with Crippen LogP contribution in [0.15, 0.2) is 60.7 Å². The van der Waals surface area contributed by atoms with E-state index in [0.717, 1.165) is 6.07 Å². The third kappa shape index (κ3) is 4.70. The lowest BCUT2D eigenvalue weighted by molar-refractivity contribution is -0.232. The number of hydrogen-bond donors (Lipinski definition) is 10. The molecule has 15 heteroatoms. The second-order valence-electron chi connectivity index (χ2n) is 13.0. The van der Waals surface area contributed by atoms with Gasteiger partial charge in [0.05, 0.1) is 23.8 Å². The molecule has 266 valence electrons. The molecule has 8 rings (SSSR count). The summed E-state index contributed by atoms with van der Waals surface area (Å²) in [5.41, 5.74) is -2.37. The van der Waals surface area contributed by atoms with Crippen molar-refractivity contribution < 1.29 is 74.8 Å². The van der Waals surface area contributed by atoms with Crippen molar-refractivity contribution in [1.29, 1.82) is 0 Å². The maximum absolute atomic E-state index is 15.0. The number of rotatable bonds is 4. The number of ketones is 1. The Kier molecular flexibility index (Phi) is 7.50. The predicted molar refractivity (Wildman–Crippen MR) is 170 cm³/mol. The molecule has 9 atom stereocenters. The number of Topliss-reactive ketones (excluding diaryl/α,β-unsaturated/α-hetero) is 1. The lowest BCUT2D eigenvalue weighted by Gasteiger charge is -2.40. The minimum atomic E-state index is -2.23. The topological polar surface area (TPSA) is 256 Å². The zero-order valence-corrected chi connectivity index (χ0v) is 26.3. The van der Waals surface area contributed by atoms with Crippen LogP contribution in [-0.4, -0.2) is 94.0 Å². The summed E-state index contributed by atoms with van der Waals surface area (Å²) in [5.74, 6) is -3.40. The minimum absolute atomic E-state index is 0.0152. The molecule has 51 heavy (non-hydrogen) atoms. The first kappa shape index (κ1) is 32.9. The van der Waals surface area contributed by atoms with Crippen molar-refractivity contribution in [2.75, 3.05) is 6.61 Å². The molecule has 4 aliphatic rings. The Morgan fingerprint density at radius 2 is 1.35 bits per heavy atom. The average Bonchev–Trinajstić information content (AvgIpc) is 3.58. The van der Waals surface area contributed by atoms with E-state index in [0.29, 0.717) is 11.1 Å². The van der Waals surface area contributed by atoms with E-state index >= 15 is 4.79 Å². The number of hydrogen-bond acceptors (Lipinski definition) is 15. The molecule has 4 aliphatic heterocycles. The second-order valence-corrected chi connectivity index (χ2v) is 13.0. The number of aromatic hydroxyl groups is 5. The van der Waals surface area contributed by atoms with Crippen LogP contribution in [0.25, 0.3) is 0 Å². The summed E-state index contributed by atoms with van der Waals surface area (Å²) in [6.07, 6.45) is -12.4. The highest BCUT2D eigenvalue weighted by molar-refractivity contribution is 6.12.